The van der Waals surface area contributed by atoms with Crippen molar-refractivity contribution in [3.8, 4) is 6.07 Å². The number of hydrogen-bond acceptors (Lipinski definition) is 4. The molecule has 0 bridgehead atoms. The molecule has 0 saturated carbocycles. The monoisotopic (exact) mass is 344 g/mol. The highest BCUT2D eigenvalue weighted by molar-refractivity contribution is 6.33. The Labute approximate surface area is 143 Å². The van der Waals surface area contributed by atoms with E-state index in [1.54, 1.807) is 23.2 Å². The van der Waals surface area contributed by atoms with Crippen LogP contribution in [0.1, 0.15) is 15.9 Å². The molecule has 0 aliphatic carbocycles. The molecule has 24 heavy (non-hydrogen) atoms. The van der Waals surface area contributed by atoms with Crippen molar-refractivity contribution in [1.29, 1.82) is 5.26 Å². The van der Waals surface area contributed by atoms with E-state index in [4.69, 9.17) is 16.9 Å². The van der Waals surface area contributed by atoms with Gasteiger partial charge in [0.25, 0.3) is 5.91 Å². The van der Waals surface area contributed by atoms with Gasteiger partial charge in [0.1, 0.15) is 17.7 Å². The third-order valence-corrected chi connectivity index (χ3v) is 4.25. The number of hydrogen-bond donors (Lipinski definition) is 0. The van der Waals surface area contributed by atoms with E-state index in [1.807, 2.05) is 4.90 Å². The molecule has 7 heteroatoms. The van der Waals surface area contributed by atoms with E-state index in [-0.39, 0.29) is 10.9 Å². The standard InChI is InChI=1S/C17H14ClFN4O/c18-15-10-13(19)3-4-14(15)17(24)23-8-6-22(7-9-23)16-12(11-20)2-1-5-21-16/h1-5,10H,6-9H2. The van der Waals surface area contributed by atoms with Crippen molar-refractivity contribution >= 4 is 23.3 Å². The van der Waals surface area contributed by atoms with Gasteiger partial charge in [-0.05, 0) is 30.3 Å². The van der Waals surface area contributed by atoms with Crippen LogP contribution < -0.4 is 4.90 Å². The molecule has 1 aliphatic heterocycles. The number of pyridine rings is 1. The third kappa shape index (κ3) is 3.17. The van der Waals surface area contributed by atoms with E-state index in [0.29, 0.717) is 43.1 Å². The van der Waals surface area contributed by atoms with Crippen molar-refractivity contribution in [3.05, 3.63) is 58.5 Å². The molecule has 0 N–H and O–H groups in total. The smallest absolute Gasteiger partial charge is 0.255 e. The molecule has 0 atom stereocenters. The van der Waals surface area contributed by atoms with Crippen molar-refractivity contribution in [2.45, 2.75) is 0 Å². The Morgan fingerprint density at radius 2 is 2.00 bits per heavy atom. The van der Waals surface area contributed by atoms with Gasteiger partial charge in [-0.15, -0.1) is 0 Å². The predicted octanol–water partition coefficient (Wildman–Crippen LogP) is 2.71. The quantitative estimate of drug-likeness (QED) is 0.840. The normalized spacial score (nSPS) is 14.4. The summed E-state index contributed by atoms with van der Waals surface area (Å²) in [7, 11) is 0. The van der Waals surface area contributed by atoms with Gasteiger partial charge in [0.15, 0.2) is 0 Å². The number of rotatable bonds is 2. The average Bonchev–Trinajstić information content (AvgIpc) is 2.61. The maximum atomic E-state index is 13.1. The van der Waals surface area contributed by atoms with Crippen molar-refractivity contribution in [2.24, 2.45) is 0 Å². The van der Waals surface area contributed by atoms with Crippen molar-refractivity contribution < 1.29 is 9.18 Å². The van der Waals surface area contributed by atoms with Gasteiger partial charge in [0.05, 0.1) is 16.1 Å². The Bertz CT molecular complexity index is 812. The van der Waals surface area contributed by atoms with Crippen LogP contribution in [-0.2, 0) is 0 Å². The molecule has 0 unspecified atom stereocenters. The Morgan fingerprint density at radius 1 is 1.25 bits per heavy atom. The molecule has 5 nitrogen and oxygen atoms in total. The Hall–Kier alpha value is -2.65. The maximum absolute atomic E-state index is 13.1. The van der Waals surface area contributed by atoms with Crippen molar-refractivity contribution in [2.75, 3.05) is 31.1 Å². The summed E-state index contributed by atoms with van der Waals surface area (Å²) in [5, 5.41) is 9.27. The number of halogens is 2. The predicted molar refractivity (Wildman–Crippen MR) is 88.5 cm³/mol. The number of anilines is 1. The first-order valence-electron chi connectivity index (χ1n) is 7.44. The zero-order valence-corrected chi connectivity index (χ0v) is 13.5. The molecule has 1 aliphatic rings. The number of nitriles is 1. The molecule has 2 heterocycles. The number of carbonyl (C=O) groups excluding carboxylic acids is 1. The molecular formula is C17H14ClFN4O. The Kier molecular flexibility index (Phi) is 4.63. The van der Waals surface area contributed by atoms with Gasteiger partial charge in [0.2, 0.25) is 0 Å². The number of nitrogens with zero attached hydrogens (tertiary/aromatic N) is 4. The first-order chi connectivity index (χ1) is 11.6. The Morgan fingerprint density at radius 3 is 2.67 bits per heavy atom. The van der Waals surface area contributed by atoms with E-state index in [1.165, 1.54) is 12.1 Å². The zero-order chi connectivity index (χ0) is 17.1. The fraction of sp³-hybridized carbons (Fsp3) is 0.235. The second kappa shape index (κ2) is 6.85. The van der Waals surface area contributed by atoms with E-state index in [2.05, 4.69) is 11.1 Å². The van der Waals surface area contributed by atoms with Crippen LogP contribution in [-0.4, -0.2) is 42.0 Å². The minimum Gasteiger partial charge on any atom is -0.352 e. The zero-order valence-electron chi connectivity index (χ0n) is 12.7. The molecule has 1 aromatic carbocycles. The molecule has 1 fully saturated rings. The van der Waals surface area contributed by atoms with E-state index < -0.39 is 5.82 Å². The minimum atomic E-state index is -0.472. The SMILES string of the molecule is N#Cc1cccnc1N1CCN(C(=O)c2ccc(F)cc2Cl)CC1. The lowest BCUT2D eigenvalue weighted by atomic mass is 10.1. The number of benzene rings is 1. The van der Waals surface area contributed by atoms with E-state index >= 15 is 0 Å². The van der Waals surface area contributed by atoms with Crippen LogP contribution in [0.2, 0.25) is 5.02 Å². The molecular weight excluding hydrogens is 331 g/mol. The highest BCUT2D eigenvalue weighted by Gasteiger charge is 2.25. The van der Waals surface area contributed by atoms with Gasteiger partial charge < -0.3 is 9.80 Å². The summed E-state index contributed by atoms with van der Waals surface area (Å²) < 4.78 is 13.1. The lowest BCUT2D eigenvalue weighted by Crippen LogP contribution is -2.49. The highest BCUT2D eigenvalue weighted by Crippen LogP contribution is 2.22. The molecule has 1 amide bonds. The fourth-order valence-electron chi connectivity index (χ4n) is 2.69. The number of carbonyl (C=O) groups is 1. The van der Waals surface area contributed by atoms with Crippen LogP contribution in [0.5, 0.6) is 0 Å². The number of piperazine rings is 1. The Balaban J connectivity index is 1.71. The molecule has 1 aromatic heterocycles. The third-order valence-electron chi connectivity index (χ3n) is 3.94. The summed E-state index contributed by atoms with van der Waals surface area (Å²) in [6.45, 7) is 2.09. The van der Waals surface area contributed by atoms with Crippen LogP contribution in [0.4, 0.5) is 10.2 Å². The summed E-state index contributed by atoms with van der Waals surface area (Å²) in [6, 6.07) is 9.33. The van der Waals surface area contributed by atoms with Gasteiger partial charge in [-0.1, -0.05) is 11.6 Å². The van der Waals surface area contributed by atoms with Gasteiger partial charge in [-0.2, -0.15) is 5.26 Å². The minimum absolute atomic E-state index is 0.110. The second-order valence-corrected chi connectivity index (χ2v) is 5.80. The lowest BCUT2D eigenvalue weighted by molar-refractivity contribution is 0.0746. The maximum Gasteiger partial charge on any atom is 0.255 e. The van der Waals surface area contributed by atoms with Gasteiger partial charge in [0, 0.05) is 32.4 Å². The van der Waals surface area contributed by atoms with Gasteiger partial charge in [-0.3, -0.25) is 4.79 Å². The molecule has 122 valence electrons. The average molecular weight is 345 g/mol. The van der Waals surface area contributed by atoms with Crippen LogP contribution in [0.15, 0.2) is 36.5 Å². The topological polar surface area (TPSA) is 60.2 Å². The molecule has 3 rings (SSSR count). The van der Waals surface area contributed by atoms with E-state index in [9.17, 15) is 9.18 Å². The highest BCUT2D eigenvalue weighted by atomic mass is 35.5. The van der Waals surface area contributed by atoms with Crippen LogP contribution >= 0.6 is 11.6 Å². The largest absolute Gasteiger partial charge is 0.352 e. The lowest BCUT2D eigenvalue weighted by Gasteiger charge is -2.35. The van der Waals surface area contributed by atoms with Crippen LogP contribution in [0, 0.1) is 17.1 Å². The summed E-state index contributed by atoms with van der Waals surface area (Å²) >= 11 is 5.96. The molecule has 2 aromatic rings. The van der Waals surface area contributed by atoms with Crippen molar-refractivity contribution in [3.63, 3.8) is 0 Å². The summed E-state index contributed by atoms with van der Waals surface area (Å²) in [5.74, 6) is -0.0614. The summed E-state index contributed by atoms with van der Waals surface area (Å²) in [5.41, 5.74) is 0.806. The number of amides is 1. The summed E-state index contributed by atoms with van der Waals surface area (Å²) in [4.78, 5) is 20.4. The molecule has 1 saturated heterocycles. The van der Waals surface area contributed by atoms with Crippen LogP contribution in [0.3, 0.4) is 0 Å². The molecule has 0 radical (unpaired) electrons. The number of aromatic nitrogens is 1. The van der Waals surface area contributed by atoms with Gasteiger partial charge in [-0.25, -0.2) is 9.37 Å². The second-order valence-electron chi connectivity index (χ2n) is 5.39. The fourth-order valence-corrected chi connectivity index (χ4v) is 2.94. The molecule has 0 spiro atoms. The first-order valence-corrected chi connectivity index (χ1v) is 7.82. The van der Waals surface area contributed by atoms with Gasteiger partial charge >= 0.3 is 0 Å². The van der Waals surface area contributed by atoms with Crippen molar-refractivity contribution in [1.82, 2.24) is 9.88 Å². The first kappa shape index (κ1) is 16.2. The van der Waals surface area contributed by atoms with E-state index in [0.717, 1.165) is 6.07 Å². The summed E-state index contributed by atoms with van der Waals surface area (Å²) in [6.07, 6.45) is 1.64. The van der Waals surface area contributed by atoms with Crippen LogP contribution in [0.25, 0.3) is 0 Å².